The largest absolute Gasteiger partial charge is 0.0767 e. The molecule has 1 aromatic carbocycles. The van der Waals surface area contributed by atoms with Crippen molar-refractivity contribution in [3.8, 4) is 0 Å². The third-order valence-electron chi connectivity index (χ3n) is 10.6. The van der Waals surface area contributed by atoms with Crippen molar-refractivity contribution in [2.24, 2.45) is 16.7 Å². The molecule has 0 saturated heterocycles. The van der Waals surface area contributed by atoms with Crippen molar-refractivity contribution in [2.75, 3.05) is 0 Å². The van der Waals surface area contributed by atoms with Crippen molar-refractivity contribution in [1.29, 1.82) is 0 Å². The summed E-state index contributed by atoms with van der Waals surface area (Å²) in [5.41, 5.74) is 11.9. The molecule has 0 aliphatic heterocycles. The van der Waals surface area contributed by atoms with Gasteiger partial charge in [0.1, 0.15) is 0 Å². The maximum Gasteiger partial charge on any atom is -0.00234 e. The summed E-state index contributed by atoms with van der Waals surface area (Å²) < 4.78 is 0. The standard InChI is InChI=1S/C35H58/c1-15-32(7,8)28-20-26(24(5)30(22-28)34(11,12)17-3)19-27-21-29(33(9,10)16-2)23-31(25(27)6)35(13,14)18-4/h20-22,29H,15-19,23H2,1-14H3. The van der Waals surface area contributed by atoms with E-state index in [-0.39, 0.29) is 16.2 Å². The van der Waals surface area contributed by atoms with Crippen LogP contribution in [0.15, 0.2) is 34.9 Å². The minimum Gasteiger partial charge on any atom is -0.0767 e. The Hall–Kier alpha value is -1.30. The lowest BCUT2D eigenvalue weighted by atomic mass is 9.64. The van der Waals surface area contributed by atoms with E-state index in [0.29, 0.717) is 11.3 Å². The molecule has 1 atom stereocenters. The second-order valence-corrected chi connectivity index (χ2v) is 14.1. The third-order valence-corrected chi connectivity index (χ3v) is 10.6. The summed E-state index contributed by atoms with van der Waals surface area (Å²) in [6.45, 7) is 33.7. The van der Waals surface area contributed by atoms with Crippen LogP contribution in [0.2, 0.25) is 0 Å². The monoisotopic (exact) mass is 478 g/mol. The van der Waals surface area contributed by atoms with Crippen molar-refractivity contribution in [3.05, 3.63) is 57.2 Å². The summed E-state index contributed by atoms with van der Waals surface area (Å²) in [5, 5.41) is 0. The molecule has 0 bridgehead atoms. The number of hydrogen-bond donors (Lipinski definition) is 0. The SMILES string of the molecule is CCC(C)(C)C1=C(C)C(Cc2cc(C(C)(C)CC)cc(C(C)(C)CC)c2C)=CC(C(C)(C)CC)C1. The lowest BCUT2D eigenvalue weighted by Crippen LogP contribution is -2.29. The fraction of sp³-hybridized carbons (Fsp3) is 0.714. The molecule has 0 nitrogen and oxygen atoms in total. The van der Waals surface area contributed by atoms with Crippen LogP contribution >= 0.6 is 0 Å². The molecule has 0 fully saturated rings. The Morgan fingerprint density at radius 2 is 1.26 bits per heavy atom. The lowest BCUT2D eigenvalue weighted by molar-refractivity contribution is 0.230. The number of benzene rings is 1. The molecule has 35 heavy (non-hydrogen) atoms. The fourth-order valence-corrected chi connectivity index (χ4v) is 5.60. The van der Waals surface area contributed by atoms with Crippen molar-refractivity contribution < 1.29 is 0 Å². The van der Waals surface area contributed by atoms with Gasteiger partial charge in [0.05, 0.1) is 0 Å². The van der Waals surface area contributed by atoms with E-state index in [4.69, 9.17) is 0 Å². The van der Waals surface area contributed by atoms with Crippen molar-refractivity contribution in [1.82, 2.24) is 0 Å². The summed E-state index contributed by atoms with van der Waals surface area (Å²) in [4.78, 5) is 0. The van der Waals surface area contributed by atoms with E-state index >= 15 is 0 Å². The van der Waals surface area contributed by atoms with Gasteiger partial charge in [-0.15, -0.1) is 0 Å². The maximum atomic E-state index is 2.68. The van der Waals surface area contributed by atoms with Crippen LogP contribution in [0.4, 0.5) is 0 Å². The first kappa shape index (κ1) is 29.9. The Balaban J connectivity index is 2.76. The highest BCUT2D eigenvalue weighted by atomic mass is 14.4. The molecule has 0 saturated carbocycles. The van der Waals surface area contributed by atoms with Crippen LogP contribution in [0.25, 0.3) is 0 Å². The highest BCUT2D eigenvalue weighted by Crippen LogP contribution is 2.48. The van der Waals surface area contributed by atoms with Gasteiger partial charge >= 0.3 is 0 Å². The van der Waals surface area contributed by atoms with E-state index in [2.05, 4.69) is 115 Å². The zero-order valence-electron chi connectivity index (χ0n) is 26.1. The van der Waals surface area contributed by atoms with Crippen LogP contribution in [-0.4, -0.2) is 0 Å². The van der Waals surface area contributed by atoms with Gasteiger partial charge in [-0.1, -0.05) is 113 Å². The van der Waals surface area contributed by atoms with E-state index < -0.39 is 0 Å². The quantitative estimate of drug-likeness (QED) is 0.313. The molecule has 0 radical (unpaired) electrons. The Labute approximate surface area is 220 Å². The van der Waals surface area contributed by atoms with E-state index in [0.717, 1.165) is 19.3 Å². The second-order valence-electron chi connectivity index (χ2n) is 14.1. The minimum absolute atomic E-state index is 0.187. The molecule has 0 spiro atoms. The van der Waals surface area contributed by atoms with Gasteiger partial charge in [-0.25, -0.2) is 0 Å². The molecule has 0 amide bonds. The number of rotatable bonds is 10. The molecule has 2 rings (SSSR count). The average molecular weight is 479 g/mol. The summed E-state index contributed by atoms with van der Waals surface area (Å²) in [6.07, 6.45) is 9.67. The van der Waals surface area contributed by atoms with Gasteiger partial charge in [0.25, 0.3) is 0 Å². The van der Waals surface area contributed by atoms with Crippen LogP contribution < -0.4 is 0 Å². The Morgan fingerprint density at radius 1 is 0.714 bits per heavy atom. The third kappa shape index (κ3) is 6.17. The highest BCUT2D eigenvalue weighted by Gasteiger charge is 2.36. The average Bonchev–Trinajstić information content (AvgIpc) is 2.80. The summed E-state index contributed by atoms with van der Waals surface area (Å²) in [6, 6.07) is 5.10. The minimum atomic E-state index is 0.187. The predicted molar refractivity (Wildman–Crippen MR) is 159 cm³/mol. The van der Waals surface area contributed by atoms with Gasteiger partial charge in [-0.05, 0) is 107 Å². The van der Waals surface area contributed by atoms with Crippen molar-refractivity contribution >= 4 is 0 Å². The highest BCUT2D eigenvalue weighted by molar-refractivity contribution is 5.50. The van der Waals surface area contributed by atoms with Gasteiger partial charge in [-0.2, -0.15) is 0 Å². The lowest BCUT2D eigenvalue weighted by Gasteiger charge is -2.41. The van der Waals surface area contributed by atoms with Gasteiger partial charge in [0.15, 0.2) is 0 Å². The first-order valence-electron chi connectivity index (χ1n) is 14.5. The first-order valence-corrected chi connectivity index (χ1v) is 14.5. The van der Waals surface area contributed by atoms with E-state index in [1.54, 1.807) is 22.3 Å². The number of hydrogen-bond acceptors (Lipinski definition) is 0. The van der Waals surface area contributed by atoms with E-state index in [9.17, 15) is 0 Å². The summed E-state index contributed by atoms with van der Waals surface area (Å²) in [5.74, 6) is 0.606. The molecule has 1 aliphatic rings. The van der Waals surface area contributed by atoms with Gasteiger partial charge in [-0.3, -0.25) is 0 Å². The van der Waals surface area contributed by atoms with Crippen LogP contribution in [0.1, 0.15) is 144 Å². The Morgan fingerprint density at radius 3 is 1.74 bits per heavy atom. The maximum absolute atomic E-state index is 2.68. The molecular formula is C35H58. The Kier molecular flexibility index (Phi) is 9.06. The first-order chi connectivity index (χ1) is 16.0. The topological polar surface area (TPSA) is 0 Å². The summed E-state index contributed by atoms with van der Waals surface area (Å²) in [7, 11) is 0. The molecule has 1 aromatic rings. The van der Waals surface area contributed by atoms with Crippen molar-refractivity contribution in [2.45, 2.75) is 146 Å². The normalized spacial score (nSPS) is 18.2. The molecule has 0 heteroatoms. The molecule has 0 N–H and O–H groups in total. The zero-order valence-corrected chi connectivity index (χ0v) is 26.1. The van der Waals surface area contributed by atoms with E-state index in [1.807, 2.05) is 0 Å². The summed E-state index contributed by atoms with van der Waals surface area (Å²) >= 11 is 0. The fourth-order valence-electron chi connectivity index (χ4n) is 5.60. The second kappa shape index (κ2) is 10.6. The van der Waals surface area contributed by atoms with Crippen LogP contribution in [0.5, 0.6) is 0 Å². The molecule has 0 heterocycles. The molecule has 1 unspecified atom stereocenters. The van der Waals surface area contributed by atoms with Crippen LogP contribution in [0, 0.1) is 23.7 Å². The number of allylic oxidation sites excluding steroid dienone is 4. The molecule has 0 aromatic heterocycles. The molecule has 1 aliphatic carbocycles. The van der Waals surface area contributed by atoms with Gasteiger partial charge in [0, 0.05) is 0 Å². The van der Waals surface area contributed by atoms with Gasteiger partial charge < -0.3 is 0 Å². The predicted octanol–water partition coefficient (Wildman–Crippen LogP) is 11.0. The molecular weight excluding hydrogens is 420 g/mol. The van der Waals surface area contributed by atoms with E-state index in [1.165, 1.54) is 36.0 Å². The van der Waals surface area contributed by atoms with Crippen LogP contribution in [-0.2, 0) is 17.3 Å². The Bertz CT molecular complexity index is 958. The van der Waals surface area contributed by atoms with Crippen molar-refractivity contribution in [3.63, 3.8) is 0 Å². The van der Waals surface area contributed by atoms with Crippen LogP contribution in [0.3, 0.4) is 0 Å². The smallest absolute Gasteiger partial charge is 0.00234 e. The van der Waals surface area contributed by atoms with Gasteiger partial charge in [0.2, 0.25) is 0 Å². The molecule has 198 valence electrons. The zero-order chi connectivity index (χ0) is 27.0.